The number of methoxy groups -OCH3 is 1. The third kappa shape index (κ3) is 3.81. The molecule has 92 valence electrons. The first kappa shape index (κ1) is 13.0. The molecule has 0 aromatic heterocycles. The lowest BCUT2D eigenvalue weighted by molar-refractivity contribution is -0.150. The lowest BCUT2D eigenvalue weighted by atomic mass is 9.97. The molecular weight excluding hydrogens is 210 g/mol. The van der Waals surface area contributed by atoms with E-state index in [1.165, 1.54) is 7.11 Å². The second-order valence-corrected chi connectivity index (χ2v) is 3.88. The van der Waals surface area contributed by atoms with E-state index in [1.54, 1.807) is 0 Å². The van der Waals surface area contributed by atoms with Crippen LogP contribution in [-0.4, -0.2) is 50.2 Å². The van der Waals surface area contributed by atoms with Crippen LogP contribution >= 0.6 is 0 Å². The monoisotopic (exact) mass is 229 g/mol. The molecule has 0 atom stereocenters. The summed E-state index contributed by atoms with van der Waals surface area (Å²) in [5.74, 6) is -0.344. The van der Waals surface area contributed by atoms with Gasteiger partial charge >= 0.3 is 11.9 Å². The highest BCUT2D eigenvalue weighted by Crippen LogP contribution is 2.18. The Bertz CT molecular complexity index is 246. The van der Waals surface area contributed by atoms with Crippen molar-refractivity contribution in [2.24, 2.45) is 5.92 Å². The second-order valence-electron chi connectivity index (χ2n) is 3.88. The van der Waals surface area contributed by atoms with Gasteiger partial charge in [0, 0.05) is 0 Å². The molecule has 0 spiro atoms. The standard InChI is InChI=1S/C11H19NO4/c1-3-16-11(14)9-4-6-12(7-5-9)8-10(13)15-2/h9H,3-8H2,1-2H3. The number of piperidine rings is 1. The summed E-state index contributed by atoms with van der Waals surface area (Å²) in [5.41, 5.74) is 0. The molecule has 0 unspecified atom stereocenters. The molecule has 0 aromatic rings. The summed E-state index contributed by atoms with van der Waals surface area (Å²) in [6.45, 7) is 4.05. The van der Waals surface area contributed by atoms with Crippen LogP contribution in [0.5, 0.6) is 0 Å². The maximum absolute atomic E-state index is 11.5. The van der Waals surface area contributed by atoms with Gasteiger partial charge in [0.25, 0.3) is 0 Å². The Balaban J connectivity index is 2.28. The SMILES string of the molecule is CCOC(=O)C1CCN(CC(=O)OC)CC1. The predicted molar refractivity (Wildman–Crippen MR) is 57.8 cm³/mol. The van der Waals surface area contributed by atoms with Crippen molar-refractivity contribution < 1.29 is 19.1 Å². The molecule has 0 saturated carbocycles. The fourth-order valence-corrected chi connectivity index (χ4v) is 1.83. The van der Waals surface area contributed by atoms with Gasteiger partial charge in [-0.1, -0.05) is 0 Å². The van der Waals surface area contributed by atoms with Crippen molar-refractivity contribution in [3.63, 3.8) is 0 Å². The average molecular weight is 229 g/mol. The maximum Gasteiger partial charge on any atom is 0.319 e. The highest BCUT2D eigenvalue weighted by molar-refractivity contribution is 5.73. The van der Waals surface area contributed by atoms with Crippen LogP contribution in [0.1, 0.15) is 19.8 Å². The Morgan fingerprint density at radius 1 is 1.31 bits per heavy atom. The number of hydrogen-bond acceptors (Lipinski definition) is 5. The number of ether oxygens (including phenoxy) is 2. The van der Waals surface area contributed by atoms with Gasteiger partial charge in [-0.15, -0.1) is 0 Å². The fraction of sp³-hybridized carbons (Fsp3) is 0.818. The summed E-state index contributed by atoms with van der Waals surface area (Å²) >= 11 is 0. The van der Waals surface area contributed by atoms with E-state index >= 15 is 0 Å². The maximum atomic E-state index is 11.5. The Hall–Kier alpha value is -1.10. The quantitative estimate of drug-likeness (QED) is 0.654. The molecule has 1 saturated heterocycles. The summed E-state index contributed by atoms with van der Waals surface area (Å²) in [7, 11) is 1.38. The van der Waals surface area contributed by atoms with Crippen molar-refractivity contribution in [1.29, 1.82) is 0 Å². The van der Waals surface area contributed by atoms with Crippen LogP contribution < -0.4 is 0 Å². The molecule has 16 heavy (non-hydrogen) atoms. The zero-order valence-corrected chi connectivity index (χ0v) is 9.90. The van der Waals surface area contributed by atoms with Crippen molar-refractivity contribution in [2.75, 3.05) is 33.4 Å². The van der Waals surface area contributed by atoms with Gasteiger partial charge in [-0.3, -0.25) is 14.5 Å². The molecule has 1 aliphatic heterocycles. The van der Waals surface area contributed by atoms with Crippen LogP contribution in [-0.2, 0) is 19.1 Å². The predicted octanol–water partition coefficient (Wildman–Crippen LogP) is 0.435. The van der Waals surface area contributed by atoms with Crippen LogP contribution in [0.3, 0.4) is 0 Å². The lowest BCUT2D eigenvalue weighted by Gasteiger charge is -2.29. The Morgan fingerprint density at radius 2 is 1.94 bits per heavy atom. The molecule has 1 rings (SSSR count). The first-order valence-corrected chi connectivity index (χ1v) is 5.63. The summed E-state index contributed by atoms with van der Waals surface area (Å²) in [6, 6.07) is 0. The number of hydrogen-bond donors (Lipinski definition) is 0. The number of esters is 2. The normalized spacial score (nSPS) is 18.1. The van der Waals surface area contributed by atoms with Crippen molar-refractivity contribution in [3.05, 3.63) is 0 Å². The minimum atomic E-state index is -0.227. The summed E-state index contributed by atoms with van der Waals surface area (Å²) in [5, 5.41) is 0. The lowest BCUT2D eigenvalue weighted by Crippen LogP contribution is -2.39. The Labute approximate surface area is 95.7 Å². The van der Waals surface area contributed by atoms with Crippen LogP contribution in [0.2, 0.25) is 0 Å². The van der Waals surface area contributed by atoms with Crippen LogP contribution in [0.15, 0.2) is 0 Å². The minimum Gasteiger partial charge on any atom is -0.468 e. The van der Waals surface area contributed by atoms with Gasteiger partial charge in [0.1, 0.15) is 0 Å². The summed E-state index contributed by atoms with van der Waals surface area (Å²) < 4.78 is 9.56. The van der Waals surface area contributed by atoms with Crippen LogP contribution in [0.4, 0.5) is 0 Å². The van der Waals surface area contributed by atoms with E-state index in [0.29, 0.717) is 13.2 Å². The zero-order chi connectivity index (χ0) is 12.0. The molecule has 0 bridgehead atoms. The molecule has 0 aromatic carbocycles. The Kier molecular flexibility index (Phi) is 5.25. The average Bonchev–Trinajstić information content (AvgIpc) is 2.30. The number of nitrogens with zero attached hydrogens (tertiary/aromatic N) is 1. The van der Waals surface area contributed by atoms with Gasteiger partial charge in [-0.05, 0) is 32.9 Å². The third-order valence-corrected chi connectivity index (χ3v) is 2.79. The first-order valence-electron chi connectivity index (χ1n) is 5.63. The zero-order valence-electron chi connectivity index (χ0n) is 9.90. The van der Waals surface area contributed by atoms with Crippen LogP contribution in [0, 0.1) is 5.92 Å². The van der Waals surface area contributed by atoms with E-state index in [4.69, 9.17) is 4.74 Å². The summed E-state index contributed by atoms with van der Waals surface area (Å²) in [4.78, 5) is 24.5. The third-order valence-electron chi connectivity index (χ3n) is 2.79. The molecule has 0 aliphatic carbocycles. The first-order chi connectivity index (χ1) is 7.67. The van der Waals surface area contributed by atoms with E-state index in [1.807, 2.05) is 11.8 Å². The molecule has 0 amide bonds. The molecule has 0 radical (unpaired) electrons. The van der Waals surface area contributed by atoms with Gasteiger partial charge in [-0.25, -0.2) is 0 Å². The van der Waals surface area contributed by atoms with Gasteiger partial charge < -0.3 is 9.47 Å². The molecule has 5 nitrogen and oxygen atoms in total. The number of rotatable bonds is 4. The van der Waals surface area contributed by atoms with E-state index in [-0.39, 0.29) is 17.9 Å². The van der Waals surface area contributed by atoms with Gasteiger partial charge in [0.15, 0.2) is 0 Å². The van der Waals surface area contributed by atoms with Crippen molar-refractivity contribution >= 4 is 11.9 Å². The molecule has 0 N–H and O–H groups in total. The Morgan fingerprint density at radius 3 is 2.44 bits per heavy atom. The van der Waals surface area contributed by atoms with E-state index < -0.39 is 0 Å². The smallest absolute Gasteiger partial charge is 0.319 e. The minimum absolute atomic E-state index is 0.00570. The molecule has 5 heteroatoms. The number of likely N-dealkylation sites (tertiary alicyclic amines) is 1. The van der Waals surface area contributed by atoms with Crippen molar-refractivity contribution in [1.82, 2.24) is 4.90 Å². The van der Waals surface area contributed by atoms with Gasteiger partial charge in [0.2, 0.25) is 0 Å². The fourth-order valence-electron chi connectivity index (χ4n) is 1.83. The van der Waals surface area contributed by atoms with E-state index in [9.17, 15) is 9.59 Å². The van der Waals surface area contributed by atoms with Gasteiger partial charge in [-0.2, -0.15) is 0 Å². The second kappa shape index (κ2) is 6.48. The summed E-state index contributed by atoms with van der Waals surface area (Å²) in [6.07, 6.45) is 1.52. The topological polar surface area (TPSA) is 55.8 Å². The van der Waals surface area contributed by atoms with Crippen LogP contribution in [0.25, 0.3) is 0 Å². The largest absolute Gasteiger partial charge is 0.468 e. The van der Waals surface area contributed by atoms with Crippen molar-refractivity contribution in [2.45, 2.75) is 19.8 Å². The van der Waals surface area contributed by atoms with Gasteiger partial charge in [0.05, 0.1) is 26.2 Å². The number of carbonyl (C=O) groups excluding carboxylic acids is 2. The molecule has 1 aliphatic rings. The highest BCUT2D eigenvalue weighted by atomic mass is 16.5. The van der Waals surface area contributed by atoms with Crippen molar-refractivity contribution in [3.8, 4) is 0 Å². The number of carbonyl (C=O) groups is 2. The van der Waals surface area contributed by atoms with E-state index in [2.05, 4.69) is 4.74 Å². The highest BCUT2D eigenvalue weighted by Gasteiger charge is 2.26. The van der Waals surface area contributed by atoms with E-state index in [0.717, 1.165) is 25.9 Å². The molecule has 1 heterocycles. The molecular formula is C11H19NO4. The molecule has 1 fully saturated rings.